The zero-order valence-electron chi connectivity index (χ0n) is 11.5. The monoisotopic (exact) mass is 301 g/mol. The van der Waals surface area contributed by atoms with Crippen molar-refractivity contribution >= 4 is 11.8 Å². The van der Waals surface area contributed by atoms with E-state index in [1.807, 2.05) is 0 Å². The molecular weight excluding hydrogens is 284 g/mol. The highest BCUT2D eigenvalue weighted by Crippen LogP contribution is 2.21. The third kappa shape index (κ3) is 6.17. The number of carbonyl (C=O) groups is 2. The molecule has 0 bridgehead atoms. The van der Waals surface area contributed by atoms with E-state index in [1.54, 1.807) is 19.1 Å². The molecule has 1 aromatic rings. The standard InChI is InChI=1S/C13H17F2N3O3/c1-8-2-3-10(21-13(14)15)9(4-8)6-17-12(20)7-18-11(19)5-16/h2-4,13H,5-7,16H2,1H3,(H,17,20)(H,18,19). The zero-order valence-corrected chi connectivity index (χ0v) is 11.5. The summed E-state index contributed by atoms with van der Waals surface area (Å²) < 4.78 is 28.9. The van der Waals surface area contributed by atoms with Crippen molar-refractivity contribution in [3.05, 3.63) is 29.3 Å². The lowest BCUT2D eigenvalue weighted by molar-refractivity contribution is -0.125. The number of hydrogen-bond acceptors (Lipinski definition) is 4. The van der Waals surface area contributed by atoms with Gasteiger partial charge < -0.3 is 21.1 Å². The molecule has 8 heteroatoms. The van der Waals surface area contributed by atoms with Gasteiger partial charge in [-0.05, 0) is 13.0 Å². The van der Waals surface area contributed by atoms with Crippen LogP contribution in [0.2, 0.25) is 0 Å². The lowest BCUT2D eigenvalue weighted by Gasteiger charge is -2.12. The minimum absolute atomic E-state index is 0.00175. The normalized spacial score (nSPS) is 10.3. The van der Waals surface area contributed by atoms with Crippen LogP contribution < -0.4 is 21.1 Å². The first-order chi connectivity index (χ1) is 9.92. The third-order valence-electron chi connectivity index (χ3n) is 2.54. The van der Waals surface area contributed by atoms with Crippen molar-refractivity contribution in [3.8, 4) is 5.75 Å². The molecule has 116 valence electrons. The maximum atomic E-state index is 12.3. The summed E-state index contributed by atoms with van der Waals surface area (Å²) in [5.74, 6) is -0.911. The lowest BCUT2D eigenvalue weighted by atomic mass is 10.1. The van der Waals surface area contributed by atoms with Gasteiger partial charge in [0.25, 0.3) is 0 Å². The highest BCUT2D eigenvalue weighted by Gasteiger charge is 2.11. The van der Waals surface area contributed by atoms with Crippen LogP contribution in [0.4, 0.5) is 8.78 Å². The smallest absolute Gasteiger partial charge is 0.387 e. The number of nitrogens with two attached hydrogens (primary N) is 1. The van der Waals surface area contributed by atoms with E-state index in [-0.39, 0.29) is 25.4 Å². The highest BCUT2D eigenvalue weighted by molar-refractivity contribution is 5.85. The van der Waals surface area contributed by atoms with E-state index in [4.69, 9.17) is 5.73 Å². The fraction of sp³-hybridized carbons (Fsp3) is 0.385. The zero-order chi connectivity index (χ0) is 15.8. The van der Waals surface area contributed by atoms with Gasteiger partial charge in [-0.25, -0.2) is 0 Å². The van der Waals surface area contributed by atoms with Crippen LogP contribution in [0.25, 0.3) is 0 Å². The van der Waals surface area contributed by atoms with Crippen molar-refractivity contribution in [2.75, 3.05) is 13.1 Å². The summed E-state index contributed by atoms with van der Waals surface area (Å²) in [6, 6.07) is 4.68. The fourth-order valence-electron chi connectivity index (χ4n) is 1.56. The summed E-state index contributed by atoms with van der Waals surface area (Å²) in [5, 5.41) is 4.80. The second-order valence-electron chi connectivity index (χ2n) is 4.25. The molecule has 0 saturated carbocycles. The highest BCUT2D eigenvalue weighted by atomic mass is 19.3. The van der Waals surface area contributed by atoms with Crippen LogP contribution in [0.15, 0.2) is 18.2 Å². The number of halogens is 2. The minimum atomic E-state index is -2.94. The van der Waals surface area contributed by atoms with Crippen molar-refractivity contribution < 1.29 is 23.1 Å². The van der Waals surface area contributed by atoms with Crippen LogP contribution in [0.3, 0.4) is 0 Å². The summed E-state index contributed by atoms with van der Waals surface area (Å²) in [5.41, 5.74) is 6.34. The summed E-state index contributed by atoms with van der Waals surface area (Å²) in [6.45, 7) is -1.57. The quantitative estimate of drug-likeness (QED) is 0.674. The molecule has 0 heterocycles. The number of benzene rings is 1. The van der Waals surface area contributed by atoms with Crippen LogP contribution in [0, 0.1) is 6.92 Å². The van der Waals surface area contributed by atoms with Gasteiger partial charge in [-0.1, -0.05) is 17.7 Å². The molecule has 1 aromatic carbocycles. The Bertz CT molecular complexity index is 509. The summed E-state index contributed by atoms with van der Waals surface area (Å²) in [6.07, 6.45) is 0. The van der Waals surface area contributed by atoms with Gasteiger partial charge in [-0.15, -0.1) is 0 Å². The first-order valence-electron chi connectivity index (χ1n) is 6.20. The Balaban J connectivity index is 2.59. The van der Waals surface area contributed by atoms with Crippen LogP contribution in [0.1, 0.15) is 11.1 Å². The first-order valence-corrected chi connectivity index (χ1v) is 6.20. The molecule has 0 aliphatic rings. The van der Waals surface area contributed by atoms with Crippen LogP contribution in [-0.4, -0.2) is 31.5 Å². The van der Waals surface area contributed by atoms with E-state index in [0.717, 1.165) is 5.56 Å². The molecule has 0 atom stereocenters. The lowest BCUT2D eigenvalue weighted by Crippen LogP contribution is -2.39. The van der Waals surface area contributed by atoms with E-state index in [2.05, 4.69) is 15.4 Å². The molecule has 0 unspecified atom stereocenters. The van der Waals surface area contributed by atoms with Crippen LogP contribution in [0.5, 0.6) is 5.75 Å². The number of hydrogen-bond donors (Lipinski definition) is 3. The molecule has 0 spiro atoms. The maximum absolute atomic E-state index is 12.3. The van der Waals surface area contributed by atoms with Gasteiger partial charge in [-0.3, -0.25) is 9.59 Å². The second kappa shape index (κ2) is 8.15. The Morgan fingerprint density at radius 2 is 2.00 bits per heavy atom. The topological polar surface area (TPSA) is 93.5 Å². The summed E-state index contributed by atoms with van der Waals surface area (Å²) in [7, 11) is 0. The molecule has 21 heavy (non-hydrogen) atoms. The van der Waals surface area contributed by atoms with Gasteiger partial charge in [0.1, 0.15) is 5.75 Å². The van der Waals surface area contributed by atoms with Gasteiger partial charge in [-0.2, -0.15) is 8.78 Å². The number of alkyl halides is 2. The SMILES string of the molecule is Cc1ccc(OC(F)F)c(CNC(=O)CNC(=O)CN)c1. The number of aryl methyl sites for hydroxylation is 1. The molecule has 0 radical (unpaired) electrons. The van der Waals surface area contributed by atoms with Crippen molar-refractivity contribution in [1.82, 2.24) is 10.6 Å². The van der Waals surface area contributed by atoms with Gasteiger partial charge in [0.05, 0.1) is 13.1 Å². The fourth-order valence-corrected chi connectivity index (χ4v) is 1.56. The van der Waals surface area contributed by atoms with Crippen LogP contribution in [-0.2, 0) is 16.1 Å². The van der Waals surface area contributed by atoms with Crippen molar-refractivity contribution in [3.63, 3.8) is 0 Å². The summed E-state index contributed by atoms with van der Waals surface area (Å²) >= 11 is 0. The van der Waals surface area contributed by atoms with Crippen molar-refractivity contribution in [1.29, 1.82) is 0 Å². The number of carbonyl (C=O) groups excluding carboxylic acids is 2. The molecule has 4 N–H and O–H groups in total. The maximum Gasteiger partial charge on any atom is 0.387 e. The van der Waals surface area contributed by atoms with E-state index in [1.165, 1.54) is 6.07 Å². The molecule has 2 amide bonds. The average molecular weight is 301 g/mol. The number of nitrogens with one attached hydrogen (secondary N) is 2. The van der Waals surface area contributed by atoms with Gasteiger partial charge in [0, 0.05) is 12.1 Å². The van der Waals surface area contributed by atoms with E-state index in [9.17, 15) is 18.4 Å². The molecule has 6 nitrogen and oxygen atoms in total. The summed E-state index contributed by atoms with van der Waals surface area (Å²) in [4.78, 5) is 22.4. The molecule has 0 aromatic heterocycles. The Morgan fingerprint density at radius 3 is 2.62 bits per heavy atom. The Hall–Kier alpha value is -2.22. The third-order valence-corrected chi connectivity index (χ3v) is 2.54. The molecular formula is C13H17F2N3O3. The first kappa shape index (κ1) is 16.8. The minimum Gasteiger partial charge on any atom is -0.434 e. The molecule has 0 aliphatic carbocycles. The van der Waals surface area contributed by atoms with Crippen molar-refractivity contribution in [2.45, 2.75) is 20.1 Å². The molecule has 1 rings (SSSR count). The Kier molecular flexibility index (Phi) is 6.54. The van der Waals surface area contributed by atoms with Crippen LogP contribution >= 0.6 is 0 Å². The number of ether oxygens (including phenoxy) is 1. The predicted molar refractivity (Wildman–Crippen MR) is 71.7 cm³/mol. The second-order valence-corrected chi connectivity index (χ2v) is 4.25. The Morgan fingerprint density at radius 1 is 1.29 bits per heavy atom. The largest absolute Gasteiger partial charge is 0.434 e. The van der Waals surface area contributed by atoms with Gasteiger partial charge >= 0.3 is 6.61 Å². The number of amides is 2. The Labute approximate surface area is 120 Å². The predicted octanol–water partition coefficient (Wildman–Crippen LogP) is 0.288. The van der Waals surface area contributed by atoms with Gasteiger partial charge in [0.15, 0.2) is 0 Å². The molecule has 0 aliphatic heterocycles. The van der Waals surface area contributed by atoms with Crippen molar-refractivity contribution in [2.24, 2.45) is 5.73 Å². The molecule has 0 fully saturated rings. The van der Waals surface area contributed by atoms with E-state index < -0.39 is 18.4 Å². The van der Waals surface area contributed by atoms with E-state index in [0.29, 0.717) is 5.56 Å². The van der Waals surface area contributed by atoms with E-state index >= 15 is 0 Å². The number of rotatable bonds is 7. The average Bonchev–Trinajstić information content (AvgIpc) is 2.44. The van der Waals surface area contributed by atoms with Gasteiger partial charge in [0.2, 0.25) is 11.8 Å². The molecule has 0 saturated heterocycles.